The van der Waals surface area contributed by atoms with Crippen LogP contribution in [0.2, 0.25) is 0 Å². The monoisotopic (exact) mass is 225 g/mol. The predicted octanol–water partition coefficient (Wildman–Crippen LogP) is 2.62. The Morgan fingerprint density at radius 3 is 3.13 bits per heavy atom. The first-order valence-electron chi connectivity index (χ1n) is 5.65. The molecule has 3 unspecified atom stereocenters. The second kappa shape index (κ2) is 5.10. The number of hydrogen-bond donors (Lipinski definition) is 1. The van der Waals surface area contributed by atoms with Crippen molar-refractivity contribution in [3.05, 3.63) is 22.4 Å². The maximum atomic E-state index is 5.53. The molecule has 0 spiro atoms. The third-order valence-electron chi connectivity index (χ3n) is 3.09. The first-order chi connectivity index (χ1) is 7.27. The van der Waals surface area contributed by atoms with Crippen LogP contribution in [-0.2, 0) is 4.74 Å². The van der Waals surface area contributed by atoms with Crippen LogP contribution in [0.4, 0.5) is 0 Å². The predicted molar refractivity (Wildman–Crippen MR) is 64.6 cm³/mol. The van der Waals surface area contributed by atoms with Crippen molar-refractivity contribution >= 4 is 11.3 Å². The maximum Gasteiger partial charge on any atom is 0.0700 e. The highest BCUT2D eigenvalue weighted by Crippen LogP contribution is 2.21. The Morgan fingerprint density at radius 2 is 2.53 bits per heavy atom. The molecule has 1 aliphatic heterocycles. The summed E-state index contributed by atoms with van der Waals surface area (Å²) in [6, 6.07) is 4.89. The van der Waals surface area contributed by atoms with Gasteiger partial charge in [-0.05, 0) is 24.8 Å². The zero-order valence-electron chi connectivity index (χ0n) is 9.40. The van der Waals surface area contributed by atoms with E-state index in [0.717, 1.165) is 19.6 Å². The van der Waals surface area contributed by atoms with Crippen LogP contribution in [0.3, 0.4) is 0 Å². The minimum absolute atomic E-state index is 0.375. The maximum absolute atomic E-state index is 5.53. The Bertz CT molecular complexity index is 286. The molecule has 15 heavy (non-hydrogen) atoms. The molecule has 0 bridgehead atoms. The van der Waals surface area contributed by atoms with Gasteiger partial charge in [0.25, 0.3) is 0 Å². The van der Waals surface area contributed by atoms with Gasteiger partial charge in [-0.2, -0.15) is 0 Å². The van der Waals surface area contributed by atoms with E-state index in [4.69, 9.17) is 4.74 Å². The fourth-order valence-electron chi connectivity index (χ4n) is 2.00. The summed E-state index contributed by atoms with van der Waals surface area (Å²) in [4.78, 5) is 1.47. The smallest absolute Gasteiger partial charge is 0.0700 e. The third kappa shape index (κ3) is 2.80. The van der Waals surface area contributed by atoms with Gasteiger partial charge in [-0.1, -0.05) is 13.0 Å². The van der Waals surface area contributed by atoms with Gasteiger partial charge in [-0.25, -0.2) is 0 Å². The first-order valence-corrected chi connectivity index (χ1v) is 6.53. The molecule has 1 aromatic heterocycles. The minimum atomic E-state index is 0.375. The van der Waals surface area contributed by atoms with Gasteiger partial charge in [0.2, 0.25) is 0 Å². The van der Waals surface area contributed by atoms with Crippen molar-refractivity contribution in [3.8, 4) is 0 Å². The molecule has 1 fully saturated rings. The van der Waals surface area contributed by atoms with Crippen molar-refractivity contribution in [2.45, 2.75) is 38.3 Å². The number of hydrogen-bond acceptors (Lipinski definition) is 3. The van der Waals surface area contributed by atoms with Gasteiger partial charge in [0.05, 0.1) is 6.10 Å². The molecule has 1 N–H and O–H groups in total. The minimum Gasteiger partial charge on any atom is -0.377 e. The average molecular weight is 225 g/mol. The van der Waals surface area contributed by atoms with Gasteiger partial charge in [-0.3, -0.25) is 0 Å². The van der Waals surface area contributed by atoms with Crippen LogP contribution in [0.5, 0.6) is 0 Å². The molecule has 0 saturated carbocycles. The van der Waals surface area contributed by atoms with Crippen LogP contribution < -0.4 is 5.32 Å². The molecule has 2 nitrogen and oxygen atoms in total. The molecule has 84 valence electrons. The summed E-state index contributed by atoms with van der Waals surface area (Å²) >= 11 is 1.84. The summed E-state index contributed by atoms with van der Waals surface area (Å²) < 4.78 is 5.53. The molecule has 2 heterocycles. The molecule has 0 amide bonds. The summed E-state index contributed by atoms with van der Waals surface area (Å²) in [6.45, 7) is 6.39. The summed E-state index contributed by atoms with van der Waals surface area (Å²) in [7, 11) is 0. The Morgan fingerprint density at radius 1 is 1.67 bits per heavy atom. The second-order valence-electron chi connectivity index (χ2n) is 4.30. The molecule has 1 saturated heterocycles. The van der Waals surface area contributed by atoms with Gasteiger partial charge >= 0.3 is 0 Å². The lowest BCUT2D eigenvalue weighted by Crippen LogP contribution is -2.36. The number of thiophene rings is 1. The highest BCUT2D eigenvalue weighted by molar-refractivity contribution is 7.10. The lowest BCUT2D eigenvalue weighted by molar-refractivity contribution is 0.113. The van der Waals surface area contributed by atoms with E-state index in [1.54, 1.807) is 0 Å². The van der Waals surface area contributed by atoms with E-state index in [1.165, 1.54) is 4.88 Å². The van der Waals surface area contributed by atoms with Crippen molar-refractivity contribution < 1.29 is 4.74 Å². The van der Waals surface area contributed by atoms with Gasteiger partial charge in [0, 0.05) is 30.0 Å². The standard InChI is InChI=1S/C12H19NOS/c1-9(12-4-3-7-15-12)8-13-11-5-6-14-10(11)2/h3-4,7,9-11,13H,5-6,8H2,1-2H3. The lowest BCUT2D eigenvalue weighted by atomic mass is 10.1. The summed E-state index contributed by atoms with van der Waals surface area (Å²) in [5, 5.41) is 5.75. The number of ether oxygens (including phenoxy) is 1. The Kier molecular flexibility index (Phi) is 3.78. The zero-order chi connectivity index (χ0) is 10.7. The highest BCUT2D eigenvalue weighted by atomic mass is 32.1. The summed E-state index contributed by atoms with van der Waals surface area (Å²) in [6.07, 6.45) is 1.53. The van der Waals surface area contributed by atoms with E-state index in [0.29, 0.717) is 18.1 Å². The van der Waals surface area contributed by atoms with E-state index in [-0.39, 0.29) is 0 Å². The molecule has 1 aromatic rings. The van der Waals surface area contributed by atoms with E-state index in [1.807, 2.05) is 11.3 Å². The van der Waals surface area contributed by atoms with Crippen LogP contribution in [0.15, 0.2) is 17.5 Å². The van der Waals surface area contributed by atoms with Crippen LogP contribution >= 0.6 is 11.3 Å². The Balaban J connectivity index is 1.78. The van der Waals surface area contributed by atoms with Gasteiger partial charge in [0.1, 0.15) is 0 Å². The summed E-state index contributed by atoms with van der Waals surface area (Å²) in [5.41, 5.74) is 0. The van der Waals surface area contributed by atoms with Crippen molar-refractivity contribution in [3.63, 3.8) is 0 Å². The van der Waals surface area contributed by atoms with Crippen molar-refractivity contribution in [1.29, 1.82) is 0 Å². The zero-order valence-corrected chi connectivity index (χ0v) is 10.2. The summed E-state index contributed by atoms with van der Waals surface area (Å²) in [5.74, 6) is 0.609. The Hall–Kier alpha value is -0.380. The SMILES string of the molecule is CC(CNC1CCOC1C)c1cccs1. The molecule has 3 atom stereocenters. The van der Waals surface area contributed by atoms with E-state index >= 15 is 0 Å². The third-order valence-corrected chi connectivity index (χ3v) is 4.20. The molecule has 0 aliphatic carbocycles. The fraction of sp³-hybridized carbons (Fsp3) is 0.667. The van der Waals surface area contributed by atoms with Gasteiger partial charge in [-0.15, -0.1) is 11.3 Å². The van der Waals surface area contributed by atoms with Crippen LogP contribution in [0.25, 0.3) is 0 Å². The molecule has 1 aliphatic rings. The quantitative estimate of drug-likeness (QED) is 0.850. The number of nitrogens with one attached hydrogen (secondary N) is 1. The molecule has 0 aromatic carbocycles. The van der Waals surface area contributed by atoms with E-state index in [9.17, 15) is 0 Å². The fourth-order valence-corrected chi connectivity index (χ4v) is 2.79. The molecule has 0 radical (unpaired) electrons. The van der Waals surface area contributed by atoms with E-state index in [2.05, 4.69) is 36.7 Å². The first kappa shape index (κ1) is 11.1. The van der Waals surface area contributed by atoms with Crippen LogP contribution in [0, 0.1) is 0 Å². The highest BCUT2D eigenvalue weighted by Gasteiger charge is 2.23. The van der Waals surface area contributed by atoms with Crippen LogP contribution in [-0.4, -0.2) is 25.3 Å². The second-order valence-corrected chi connectivity index (χ2v) is 5.28. The van der Waals surface area contributed by atoms with Gasteiger partial charge < -0.3 is 10.1 Å². The topological polar surface area (TPSA) is 21.3 Å². The van der Waals surface area contributed by atoms with Crippen LogP contribution in [0.1, 0.15) is 31.1 Å². The number of rotatable bonds is 4. The lowest BCUT2D eigenvalue weighted by Gasteiger charge is -2.18. The molecular weight excluding hydrogens is 206 g/mol. The normalized spacial score (nSPS) is 28.1. The Labute approximate surface area is 95.6 Å². The molecule has 3 heteroatoms. The molecular formula is C12H19NOS. The van der Waals surface area contributed by atoms with Crippen molar-refractivity contribution in [2.24, 2.45) is 0 Å². The molecule has 2 rings (SSSR count). The average Bonchev–Trinajstić information content (AvgIpc) is 2.85. The van der Waals surface area contributed by atoms with Gasteiger partial charge in [0.15, 0.2) is 0 Å². The van der Waals surface area contributed by atoms with Crippen molar-refractivity contribution in [1.82, 2.24) is 5.32 Å². The largest absolute Gasteiger partial charge is 0.377 e. The van der Waals surface area contributed by atoms with E-state index < -0.39 is 0 Å². The van der Waals surface area contributed by atoms with Crippen molar-refractivity contribution in [2.75, 3.05) is 13.2 Å².